The molecule has 0 bridgehead atoms. The standard InChI is InChI=1S/C27H22FN5O5/c28-20-8-9-21(38-27(37)31-18-7-4-10-29-15-18)23-22(20)19(16-30-23)24(34)26(36)33-13-11-32(12-14-33)25(35)17-5-2-1-3-6-17/h1-10,15-16,30H,11-14H2,(H,31,37). The Morgan fingerprint density at radius 2 is 1.66 bits per heavy atom. The van der Waals surface area contributed by atoms with E-state index in [-0.39, 0.29) is 54.3 Å². The van der Waals surface area contributed by atoms with Crippen molar-refractivity contribution in [2.75, 3.05) is 31.5 Å². The van der Waals surface area contributed by atoms with E-state index in [2.05, 4.69) is 15.3 Å². The van der Waals surface area contributed by atoms with Crippen molar-refractivity contribution in [3.05, 3.63) is 90.1 Å². The molecule has 0 atom stereocenters. The van der Waals surface area contributed by atoms with Crippen LogP contribution in [-0.2, 0) is 4.79 Å². The van der Waals surface area contributed by atoms with Crippen LogP contribution in [0.5, 0.6) is 5.75 Å². The summed E-state index contributed by atoms with van der Waals surface area (Å²) in [7, 11) is 0. The lowest BCUT2D eigenvalue weighted by molar-refractivity contribution is -0.127. The minimum absolute atomic E-state index is 0.0256. The highest BCUT2D eigenvalue weighted by Crippen LogP contribution is 2.31. The van der Waals surface area contributed by atoms with Crippen LogP contribution in [0.1, 0.15) is 20.7 Å². The summed E-state index contributed by atoms with van der Waals surface area (Å²) in [5.74, 6) is -2.64. The molecular formula is C27H22FN5O5. The van der Waals surface area contributed by atoms with Gasteiger partial charge in [-0.3, -0.25) is 24.7 Å². The first kappa shape index (κ1) is 24.6. The fourth-order valence-corrected chi connectivity index (χ4v) is 4.26. The number of fused-ring (bicyclic) bond motifs is 1. The van der Waals surface area contributed by atoms with Crippen molar-refractivity contribution in [2.24, 2.45) is 0 Å². The third kappa shape index (κ3) is 4.94. The predicted molar refractivity (Wildman–Crippen MR) is 135 cm³/mol. The molecule has 2 aromatic carbocycles. The van der Waals surface area contributed by atoms with Crippen LogP contribution in [0.2, 0.25) is 0 Å². The summed E-state index contributed by atoms with van der Waals surface area (Å²) in [5.41, 5.74) is 0.823. The van der Waals surface area contributed by atoms with Crippen LogP contribution >= 0.6 is 0 Å². The molecule has 0 saturated carbocycles. The number of hydrogen-bond acceptors (Lipinski definition) is 6. The topological polar surface area (TPSA) is 125 Å². The van der Waals surface area contributed by atoms with Crippen molar-refractivity contribution in [3.63, 3.8) is 0 Å². The van der Waals surface area contributed by atoms with Crippen molar-refractivity contribution in [2.45, 2.75) is 0 Å². The summed E-state index contributed by atoms with van der Waals surface area (Å²) < 4.78 is 20.1. The Morgan fingerprint density at radius 1 is 0.921 bits per heavy atom. The second-order valence-corrected chi connectivity index (χ2v) is 8.53. The number of amides is 3. The molecule has 1 aliphatic heterocycles. The first-order valence-corrected chi connectivity index (χ1v) is 11.8. The number of halogens is 1. The Kier molecular flexibility index (Phi) is 6.81. The Balaban J connectivity index is 1.28. The molecule has 192 valence electrons. The zero-order chi connectivity index (χ0) is 26.6. The minimum Gasteiger partial charge on any atom is -0.408 e. The molecule has 3 heterocycles. The van der Waals surface area contributed by atoms with E-state index in [1.54, 1.807) is 47.5 Å². The summed E-state index contributed by atoms with van der Waals surface area (Å²) in [6.07, 6.45) is 3.35. The highest BCUT2D eigenvalue weighted by Gasteiger charge is 2.31. The quantitative estimate of drug-likeness (QED) is 0.310. The Morgan fingerprint density at radius 3 is 2.37 bits per heavy atom. The molecule has 2 N–H and O–H groups in total. The summed E-state index contributed by atoms with van der Waals surface area (Å²) in [6.45, 7) is 0.853. The number of nitrogens with zero attached hydrogens (tertiary/aromatic N) is 3. The number of benzene rings is 2. The zero-order valence-electron chi connectivity index (χ0n) is 20.0. The molecule has 1 saturated heterocycles. The lowest BCUT2D eigenvalue weighted by atomic mass is 10.1. The number of H-pyrrole nitrogens is 1. The number of carbonyl (C=O) groups excluding carboxylic acids is 4. The largest absolute Gasteiger partial charge is 0.417 e. The van der Waals surface area contributed by atoms with Crippen molar-refractivity contribution in [1.29, 1.82) is 0 Å². The van der Waals surface area contributed by atoms with Gasteiger partial charge in [0.25, 0.3) is 17.6 Å². The summed E-state index contributed by atoms with van der Waals surface area (Å²) >= 11 is 0. The average Bonchev–Trinajstić information content (AvgIpc) is 3.41. The van der Waals surface area contributed by atoms with Crippen LogP contribution in [0.4, 0.5) is 14.9 Å². The molecule has 38 heavy (non-hydrogen) atoms. The Hall–Kier alpha value is -5.06. The van der Waals surface area contributed by atoms with Gasteiger partial charge >= 0.3 is 6.09 Å². The Labute approximate surface area is 216 Å². The van der Waals surface area contributed by atoms with Gasteiger partial charge in [0.1, 0.15) is 5.82 Å². The van der Waals surface area contributed by atoms with E-state index in [1.165, 1.54) is 23.4 Å². The van der Waals surface area contributed by atoms with Crippen LogP contribution in [-0.4, -0.2) is 69.6 Å². The second kappa shape index (κ2) is 10.5. The van der Waals surface area contributed by atoms with Crippen molar-refractivity contribution in [3.8, 4) is 5.75 Å². The highest BCUT2D eigenvalue weighted by molar-refractivity contribution is 6.45. The van der Waals surface area contributed by atoms with Crippen molar-refractivity contribution < 1.29 is 28.3 Å². The minimum atomic E-state index is -0.907. The molecular weight excluding hydrogens is 493 g/mol. The molecule has 11 heteroatoms. The first-order chi connectivity index (χ1) is 18.4. The molecule has 1 fully saturated rings. The Bertz CT molecular complexity index is 1520. The van der Waals surface area contributed by atoms with Gasteiger partial charge in [-0.25, -0.2) is 9.18 Å². The third-order valence-electron chi connectivity index (χ3n) is 6.17. The lowest BCUT2D eigenvalue weighted by Crippen LogP contribution is -2.52. The maximum Gasteiger partial charge on any atom is 0.417 e. The van der Waals surface area contributed by atoms with Gasteiger partial charge < -0.3 is 19.5 Å². The van der Waals surface area contributed by atoms with Crippen molar-refractivity contribution >= 4 is 40.3 Å². The maximum atomic E-state index is 14.8. The SMILES string of the molecule is O=C(Nc1cccnc1)Oc1ccc(F)c2c(C(=O)C(=O)N3CCN(C(=O)c4ccccc4)CC3)c[nH]c12. The van der Waals surface area contributed by atoms with E-state index in [0.717, 1.165) is 6.07 Å². The lowest BCUT2D eigenvalue weighted by Gasteiger charge is -2.34. The molecule has 1 aliphatic rings. The number of aromatic nitrogens is 2. The second-order valence-electron chi connectivity index (χ2n) is 8.53. The van der Waals surface area contributed by atoms with Gasteiger partial charge in [0.05, 0.1) is 28.4 Å². The molecule has 0 radical (unpaired) electrons. The van der Waals surface area contributed by atoms with Gasteiger partial charge in [-0.1, -0.05) is 18.2 Å². The number of piperazine rings is 1. The highest BCUT2D eigenvalue weighted by atomic mass is 19.1. The molecule has 4 aromatic rings. The van der Waals surface area contributed by atoms with E-state index >= 15 is 0 Å². The summed E-state index contributed by atoms with van der Waals surface area (Å²) in [4.78, 5) is 60.7. The first-order valence-electron chi connectivity index (χ1n) is 11.8. The van der Waals surface area contributed by atoms with Gasteiger partial charge in [0.2, 0.25) is 0 Å². The maximum absolute atomic E-state index is 14.8. The van der Waals surface area contributed by atoms with Crippen LogP contribution in [0.25, 0.3) is 10.9 Å². The van der Waals surface area contributed by atoms with E-state index < -0.39 is 23.6 Å². The van der Waals surface area contributed by atoms with E-state index in [1.807, 2.05) is 6.07 Å². The molecule has 10 nitrogen and oxygen atoms in total. The van der Waals surface area contributed by atoms with E-state index in [4.69, 9.17) is 4.74 Å². The number of Topliss-reactive ketones (excluding diaryl/α,β-unsaturated/α-hetero) is 1. The molecule has 3 amide bonds. The number of carbonyl (C=O) groups is 4. The third-order valence-corrected chi connectivity index (χ3v) is 6.17. The molecule has 0 unspecified atom stereocenters. The van der Waals surface area contributed by atoms with Gasteiger partial charge in [0.15, 0.2) is 5.75 Å². The van der Waals surface area contributed by atoms with Gasteiger partial charge in [-0.2, -0.15) is 0 Å². The molecule has 5 rings (SSSR count). The smallest absolute Gasteiger partial charge is 0.408 e. The van der Waals surface area contributed by atoms with Crippen LogP contribution in [0.3, 0.4) is 0 Å². The fourth-order valence-electron chi connectivity index (χ4n) is 4.26. The van der Waals surface area contributed by atoms with Crippen LogP contribution in [0.15, 0.2) is 73.2 Å². The summed E-state index contributed by atoms with van der Waals surface area (Å²) in [5, 5.41) is 2.34. The number of pyridine rings is 1. The van der Waals surface area contributed by atoms with Gasteiger partial charge in [-0.15, -0.1) is 0 Å². The predicted octanol–water partition coefficient (Wildman–Crippen LogP) is 3.48. The van der Waals surface area contributed by atoms with Crippen LogP contribution in [0, 0.1) is 5.82 Å². The number of nitrogens with one attached hydrogen (secondary N) is 2. The summed E-state index contributed by atoms with van der Waals surface area (Å²) in [6, 6.07) is 14.3. The monoisotopic (exact) mass is 515 g/mol. The number of ether oxygens (including phenoxy) is 1. The number of aromatic amines is 1. The average molecular weight is 516 g/mol. The molecule has 2 aromatic heterocycles. The van der Waals surface area contributed by atoms with E-state index in [0.29, 0.717) is 11.3 Å². The van der Waals surface area contributed by atoms with Crippen LogP contribution < -0.4 is 10.1 Å². The molecule has 0 spiro atoms. The van der Waals surface area contributed by atoms with Gasteiger partial charge in [0, 0.05) is 44.1 Å². The van der Waals surface area contributed by atoms with E-state index in [9.17, 15) is 23.6 Å². The zero-order valence-corrected chi connectivity index (χ0v) is 20.0. The normalized spacial score (nSPS) is 13.3. The fraction of sp³-hybridized carbons (Fsp3) is 0.148. The molecule has 0 aliphatic carbocycles. The number of rotatable bonds is 5. The number of hydrogen-bond donors (Lipinski definition) is 2. The van der Waals surface area contributed by atoms with Gasteiger partial charge in [-0.05, 0) is 36.4 Å². The number of ketones is 1. The number of anilines is 1. The van der Waals surface area contributed by atoms with Crippen molar-refractivity contribution in [1.82, 2.24) is 19.8 Å².